The third-order valence-corrected chi connectivity index (χ3v) is 10.7. The van der Waals surface area contributed by atoms with Gasteiger partial charge in [0, 0.05) is 36.0 Å². The van der Waals surface area contributed by atoms with Gasteiger partial charge in [-0.2, -0.15) is 0 Å². The van der Waals surface area contributed by atoms with Crippen molar-refractivity contribution < 1.29 is 77.1 Å². The summed E-state index contributed by atoms with van der Waals surface area (Å²) < 4.78 is 22.3. The number of carboxylic acids is 4. The highest BCUT2D eigenvalue weighted by Gasteiger charge is 2.27. The van der Waals surface area contributed by atoms with E-state index in [1.807, 2.05) is 31.3 Å². The Kier molecular flexibility index (Phi) is 25.1. The summed E-state index contributed by atoms with van der Waals surface area (Å²) in [6.45, 7) is 5.33. The highest BCUT2D eigenvalue weighted by Crippen LogP contribution is 2.35. The maximum absolute atomic E-state index is 13.1. The molecule has 0 aliphatic rings. The molecule has 402 valence electrons. The Bertz CT molecular complexity index is 2980. The second kappa shape index (κ2) is 29.5. The van der Waals surface area contributed by atoms with Gasteiger partial charge in [0.05, 0.1) is 51.6 Å². The first-order valence-corrected chi connectivity index (χ1v) is 21.6. The molecular weight excluding hydrogens is 973 g/mol. The molecule has 0 radical (unpaired) electrons. The predicted octanol–water partition coefficient (Wildman–Crippen LogP) is 9.80. The van der Waals surface area contributed by atoms with Crippen LogP contribution in [0.2, 0.25) is 0 Å². The number of amides is 2. The minimum absolute atomic E-state index is 0. The van der Waals surface area contributed by atoms with Crippen LogP contribution in [0, 0.1) is 6.92 Å². The van der Waals surface area contributed by atoms with Gasteiger partial charge in [0.25, 0.3) is 11.8 Å². The summed E-state index contributed by atoms with van der Waals surface area (Å²) in [5, 5.41) is 49.2. The Balaban J connectivity index is 0.000000714. The lowest BCUT2D eigenvalue weighted by Crippen LogP contribution is -2.28. The predicted molar refractivity (Wildman–Crippen MR) is 283 cm³/mol. The summed E-state index contributed by atoms with van der Waals surface area (Å²) in [6.07, 6.45) is 4.25. The molecule has 0 saturated carbocycles. The van der Waals surface area contributed by atoms with E-state index in [0.717, 1.165) is 67.9 Å². The standard InChI is InChI=1S/C27H28N2O8.C24H22N2O8.4CH4/c1-16(30)21-13-22(24(27(34)35)14-23(21)26(32)33)25(31)29-8-6-18-10-17(5-7-28-2)11-20(12-18)37-15-19-4-3-9-36-19;1-12-19(25-3)6-7-20(21(12)34-11-14-5-4-8-33-14)26-22(28)16-9-15(13(2)27)17(23(29)30)10-18(16)24(31)32;;;;/h3-4,9-14,28H,5-8,15H2,1-2H3,(H,29,31)(H,32,33)(H,34,35);4-10,25H,11H2,1-3H3,(H,26,28)(H,29,30)(H,31,32);4*1H4. The Morgan fingerprint density at radius 2 is 0.947 bits per heavy atom. The van der Waals surface area contributed by atoms with Crippen molar-refractivity contribution in [1.82, 2.24) is 10.6 Å². The molecule has 2 heterocycles. The average molecular weight is 1040 g/mol. The van der Waals surface area contributed by atoms with Crippen LogP contribution in [0.1, 0.15) is 155 Å². The number of likely N-dealkylation sites (N-methyl/N-ethyl adjacent to an activating group) is 1. The first kappa shape index (κ1) is 64.0. The fraction of sp³-hybridized carbons (Fsp3) is 0.273. The number of hydrogen-bond acceptors (Lipinski definition) is 14. The molecule has 0 aliphatic carbocycles. The maximum Gasteiger partial charge on any atom is 0.336 e. The minimum atomic E-state index is -1.52. The lowest BCUT2D eigenvalue weighted by Gasteiger charge is -2.18. The smallest absolute Gasteiger partial charge is 0.336 e. The molecule has 8 N–H and O–H groups in total. The molecule has 2 aromatic heterocycles. The molecule has 0 fully saturated rings. The molecule has 0 unspecified atom stereocenters. The zero-order chi connectivity index (χ0) is 51.9. The molecule has 20 nitrogen and oxygen atoms in total. The van der Waals surface area contributed by atoms with Crippen LogP contribution in [-0.2, 0) is 26.1 Å². The zero-order valence-corrected chi connectivity index (χ0v) is 39.1. The molecule has 0 atom stereocenters. The van der Waals surface area contributed by atoms with Crippen LogP contribution in [0.25, 0.3) is 0 Å². The number of carbonyl (C=O) groups excluding carboxylic acids is 4. The monoisotopic (exact) mass is 1040 g/mol. The molecule has 6 aromatic rings. The van der Waals surface area contributed by atoms with Crippen molar-refractivity contribution in [3.05, 3.63) is 164 Å². The molecule has 4 aromatic carbocycles. The van der Waals surface area contributed by atoms with E-state index in [2.05, 4.69) is 21.3 Å². The largest absolute Gasteiger partial charge is 0.486 e. The fourth-order valence-electron chi connectivity index (χ4n) is 7.17. The number of ether oxygens (including phenoxy) is 2. The first-order valence-electron chi connectivity index (χ1n) is 21.6. The first-order chi connectivity index (χ1) is 33.8. The topological polar surface area (TPSA) is 310 Å². The summed E-state index contributed by atoms with van der Waals surface area (Å²) in [4.78, 5) is 96.3. The molecule has 20 heteroatoms. The highest BCUT2D eigenvalue weighted by molar-refractivity contribution is 6.15. The number of furan rings is 2. The van der Waals surface area contributed by atoms with Crippen molar-refractivity contribution >= 4 is 58.6 Å². The Morgan fingerprint density at radius 1 is 0.520 bits per heavy atom. The van der Waals surface area contributed by atoms with Crippen LogP contribution in [0.4, 0.5) is 11.4 Å². The Labute approximate surface area is 435 Å². The second-order valence-corrected chi connectivity index (χ2v) is 15.6. The highest BCUT2D eigenvalue weighted by atomic mass is 16.5. The van der Waals surface area contributed by atoms with Gasteiger partial charge in [0.2, 0.25) is 0 Å². The molecule has 6 rings (SSSR count). The number of nitrogens with one attached hydrogen (secondary N) is 4. The van der Waals surface area contributed by atoms with Gasteiger partial charge in [0.1, 0.15) is 36.2 Å². The van der Waals surface area contributed by atoms with Crippen molar-refractivity contribution in [1.29, 1.82) is 0 Å². The van der Waals surface area contributed by atoms with Crippen LogP contribution in [0.3, 0.4) is 0 Å². The van der Waals surface area contributed by atoms with Gasteiger partial charge in [-0.25, -0.2) is 19.2 Å². The van der Waals surface area contributed by atoms with E-state index in [1.54, 1.807) is 50.6 Å². The summed E-state index contributed by atoms with van der Waals surface area (Å²) in [5.41, 5.74) is 0.406. The van der Waals surface area contributed by atoms with Crippen molar-refractivity contribution in [2.24, 2.45) is 0 Å². The number of hydrogen-bond donors (Lipinski definition) is 8. The molecule has 0 spiro atoms. The number of aromatic carboxylic acids is 4. The van der Waals surface area contributed by atoms with Gasteiger partial charge in [0.15, 0.2) is 11.6 Å². The van der Waals surface area contributed by atoms with Crippen molar-refractivity contribution in [3.63, 3.8) is 0 Å². The lowest BCUT2D eigenvalue weighted by molar-refractivity contribution is 0.0672. The molecule has 2 amide bonds. The Hall–Kier alpha value is -9.04. The van der Waals surface area contributed by atoms with Crippen LogP contribution in [0.5, 0.6) is 11.5 Å². The van der Waals surface area contributed by atoms with Crippen LogP contribution in [0.15, 0.2) is 100 Å². The van der Waals surface area contributed by atoms with Crippen LogP contribution in [-0.4, -0.2) is 94.9 Å². The minimum Gasteiger partial charge on any atom is -0.486 e. The van der Waals surface area contributed by atoms with Crippen molar-refractivity contribution in [2.45, 2.75) is 76.5 Å². The molecule has 75 heavy (non-hydrogen) atoms. The normalized spacial score (nSPS) is 9.99. The van der Waals surface area contributed by atoms with Gasteiger partial charge >= 0.3 is 23.9 Å². The molecule has 0 bridgehead atoms. The molecule has 0 aliphatic heterocycles. The summed E-state index contributed by atoms with van der Waals surface area (Å²) in [5.74, 6) is -6.51. The van der Waals surface area contributed by atoms with Gasteiger partial charge in [-0.05, 0) is 131 Å². The second-order valence-electron chi connectivity index (χ2n) is 15.6. The van der Waals surface area contributed by atoms with Crippen LogP contribution >= 0.6 is 0 Å². The van der Waals surface area contributed by atoms with Crippen molar-refractivity contribution in [3.8, 4) is 11.5 Å². The van der Waals surface area contributed by atoms with E-state index in [9.17, 15) is 58.8 Å². The lowest BCUT2D eigenvalue weighted by atomic mass is 9.95. The summed E-state index contributed by atoms with van der Waals surface area (Å²) in [6, 6.07) is 19.7. The Morgan fingerprint density at radius 3 is 1.37 bits per heavy atom. The third kappa shape index (κ3) is 16.8. The molecular formula is C55H66N4O16. The zero-order valence-electron chi connectivity index (χ0n) is 39.1. The number of carbonyl (C=O) groups is 8. The quantitative estimate of drug-likeness (QED) is 0.0293. The SMILES string of the molecule is C.C.C.C.CNCCc1cc(CCNC(=O)c2cc(C(C)=O)c(C(=O)O)cc2C(=O)O)cc(OCc2ccco2)c1.CNc1ccc(NC(=O)c2cc(C(C)=O)c(C(=O)O)cc2C(=O)O)c(OCc2ccco2)c1C. The van der Waals surface area contributed by atoms with Gasteiger partial charge < -0.3 is 60.0 Å². The van der Waals surface area contributed by atoms with E-state index < -0.39 is 69.5 Å². The van der Waals surface area contributed by atoms with Crippen LogP contribution < -0.4 is 30.7 Å². The number of ketones is 2. The van der Waals surface area contributed by atoms with E-state index in [0.29, 0.717) is 35.0 Å². The average Bonchev–Trinajstić information content (AvgIpc) is 4.07. The molecule has 0 saturated heterocycles. The number of rotatable bonds is 22. The number of anilines is 2. The fourth-order valence-corrected chi connectivity index (χ4v) is 7.17. The van der Waals surface area contributed by atoms with Gasteiger partial charge in [-0.15, -0.1) is 0 Å². The van der Waals surface area contributed by atoms with Gasteiger partial charge in [-0.3, -0.25) is 19.2 Å². The van der Waals surface area contributed by atoms with Crippen molar-refractivity contribution in [2.75, 3.05) is 37.8 Å². The number of Topliss-reactive ketones (excluding diaryl/α,β-unsaturated/α-hetero) is 2. The van der Waals surface area contributed by atoms with E-state index in [-0.39, 0.29) is 77.4 Å². The number of benzene rings is 4. The van der Waals surface area contributed by atoms with E-state index in [1.165, 1.54) is 6.26 Å². The summed E-state index contributed by atoms with van der Waals surface area (Å²) in [7, 11) is 3.59. The van der Waals surface area contributed by atoms with E-state index in [4.69, 9.17) is 18.3 Å². The van der Waals surface area contributed by atoms with E-state index >= 15 is 0 Å². The maximum atomic E-state index is 13.1. The third-order valence-electron chi connectivity index (χ3n) is 10.7. The van der Waals surface area contributed by atoms with Gasteiger partial charge in [-0.1, -0.05) is 35.8 Å². The summed E-state index contributed by atoms with van der Waals surface area (Å²) >= 11 is 0. The number of carboxylic acid groups (broad SMARTS) is 4.